The van der Waals surface area contributed by atoms with Crippen molar-refractivity contribution in [3.8, 4) is 35.1 Å². The molecule has 0 saturated carbocycles. The third-order valence-electron chi connectivity index (χ3n) is 7.87. The first kappa shape index (κ1) is 30.0. The molecule has 6 rings (SSSR count). The van der Waals surface area contributed by atoms with Crippen LogP contribution in [0.1, 0.15) is 22.3 Å². The summed E-state index contributed by atoms with van der Waals surface area (Å²) in [6, 6.07) is 28.5. The van der Waals surface area contributed by atoms with Crippen LogP contribution in [0, 0.1) is 22.7 Å². The highest BCUT2D eigenvalue weighted by Crippen LogP contribution is 2.48. The fourth-order valence-electron chi connectivity index (χ4n) is 5.72. The monoisotopic (exact) mass is 626 g/mol. The number of ether oxygens (including phenoxy) is 3. The van der Waals surface area contributed by atoms with E-state index in [0.717, 1.165) is 21.8 Å². The Bertz CT molecular complexity index is 2260. The van der Waals surface area contributed by atoms with Gasteiger partial charge in [-0.2, -0.15) is 10.5 Å². The van der Waals surface area contributed by atoms with E-state index in [0.29, 0.717) is 49.7 Å². The number of aromatic hydroxyl groups is 1. The van der Waals surface area contributed by atoms with Crippen LogP contribution < -0.4 is 14.2 Å². The van der Waals surface area contributed by atoms with Crippen LogP contribution in [0.25, 0.3) is 44.1 Å². The molecule has 0 saturated heterocycles. The number of H-pyrrole nitrogens is 2. The molecule has 226 valence electrons. The lowest BCUT2D eigenvalue weighted by molar-refractivity contribution is 0.339. The van der Waals surface area contributed by atoms with Crippen LogP contribution in [0.2, 0.25) is 5.02 Å². The number of fused-ring (bicyclic) bond motifs is 2. The summed E-state index contributed by atoms with van der Waals surface area (Å²) < 4.78 is 16.6. The maximum absolute atomic E-state index is 11.0. The summed E-state index contributed by atoms with van der Waals surface area (Å²) >= 11 is 6.56. The van der Waals surface area contributed by atoms with Crippen LogP contribution in [0.15, 0.2) is 91.3 Å². The van der Waals surface area contributed by atoms with Crippen molar-refractivity contribution in [2.24, 2.45) is 0 Å². The molecule has 9 heteroatoms. The topological polar surface area (TPSA) is 127 Å². The molecule has 3 N–H and O–H groups in total. The van der Waals surface area contributed by atoms with E-state index in [4.69, 9.17) is 25.8 Å². The summed E-state index contributed by atoms with van der Waals surface area (Å²) in [5.74, 6) is 0.665. The van der Waals surface area contributed by atoms with Gasteiger partial charge in [0.05, 0.1) is 32.5 Å². The van der Waals surface area contributed by atoms with Gasteiger partial charge in [0.2, 0.25) is 5.75 Å². The number of nitrogens with zero attached hydrogens (tertiary/aromatic N) is 2. The van der Waals surface area contributed by atoms with Crippen molar-refractivity contribution in [3.63, 3.8) is 0 Å². The van der Waals surface area contributed by atoms with Crippen LogP contribution in [0.5, 0.6) is 23.0 Å². The van der Waals surface area contributed by atoms with E-state index in [1.165, 1.54) is 14.2 Å². The van der Waals surface area contributed by atoms with Crippen molar-refractivity contribution >= 4 is 55.7 Å². The number of benzene rings is 4. The molecule has 0 amide bonds. The molecule has 0 fully saturated rings. The molecule has 0 spiro atoms. The fraction of sp³-hybridized carbons (Fsp3) is 0.0811. The van der Waals surface area contributed by atoms with E-state index < -0.39 is 0 Å². The molecular weight excluding hydrogens is 600 g/mol. The second kappa shape index (κ2) is 12.5. The van der Waals surface area contributed by atoms with Gasteiger partial charge in [-0.1, -0.05) is 41.9 Å². The molecule has 0 aliphatic heterocycles. The molecule has 4 aromatic carbocycles. The predicted molar refractivity (Wildman–Crippen MR) is 181 cm³/mol. The Balaban J connectivity index is 1.85. The van der Waals surface area contributed by atoms with E-state index in [9.17, 15) is 15.6 Å². The highest BCUT2D eigenvalue weighted by Gasteiger charge is 2.27. The average molecular weight is 627 g/mol. The minimum Gasteiger partial charge on any atom is -0.502 e. The third kappa shape index (κ3) is 5.17. The van der Waals surface area contributed by atoms with Gasteiger partial charge in [-0.15, -0.1) is 0 Å². The van der Waals surface area contributed by atoms with E-state index in [1.807, 2.05) is 48.5 Å². The number of methoxy groups -OCH3 is 3. The van der Waals surface area contributed by atoms with Gasteiger partial charge in [0, 0.05) is 61.5 Å². The zero-order valence-electron chi connectivity index (χ0n) is 25.1. The summed E-state index contributed by atoms with van der Waals surface area (Å²) in [5, 5.41) is 34.8. The number of hydrogen-bond donors (Lipinski definition) is 3. The molecule has 6 aromatic rings. The molecule has 0 radical (unpaired) electrons. The number of rotatable bonds is 8. The van der Waals surface area contributed by atoms with Crippen molar-refractivity contribution in [1.82, 2.24) is 9.97 Å². The van der Waals surface area contributed by atoms with Crippen LogP contribution >= 0.6 is 11.6 Å². The maximum atomic E-state index is 11.0. The maximum Gasteiger partial charge on any atom is 0.200 e. The lowest BCUT2D eigenvalue weighted by Crippen LogP contribution is -2.01. The van der Waals surface area contributed by atoms with Crippen LogP contribution in [-0.4, -0.2) is 36.4 Å². The highest BCUT2D eigenvalue weighted by atomic mass is 35.5. The SMILES string of the molecule is COc1ccc2[nH]cc(/C(C#N)=C(/C(=C(\C#N)c3c[nH]c4ccccc34)c3cccc(Cl)c3)c3cc(OC)c(O)c(OC)c3)c2c1. The summed E-state index contributed by atoms with van der Waals surface area (Å²) in [5.41, 5.74) is 5.29. The number of halogens is 1. The molecule has 0 unspecified atom stereocenters. The summed E-state index contributed by atoms with van der Waals surface area (Å²) in [6.45, 7) is 0. The fourth-order valence-corrected chi connectivity index (χ4v) is 5.91. The molecule has 2 aromatic heterocycles. The van der Waals surface area contributed by atoms with Gasteiger partial charge in [0.25, 0.3) is 0 Å². The number of aromatic nitrogens is 2. The number of phenols is 1. The summed E-state index contributed by atoms with van der Waals surface area (Å²) in [7, 11) is 4.44. The molecule has 0 aliphatic carbocycles. The van der Waals surface area contributed by atoms with E-state index in [1.54, 1.807) is 49.8 Å². The van der Waals surface area contributed by atoms with Crippen LogP contribution in [0.4, 0.5) is 0 Å². The third-order valence-corrected chi connectivity index (χ3v) is 8.11. The Labute approximate surface area is 270 Å². The van der Waals surface area contributed by atoms with Gasteiger partial charge in [0.1, 0.15) is 17.9 Å². The average Bonchev–Trinajstić information content (AvgIpc) is 3.71. The Morgan fingerprint density at radius 3 is 1.89 bits per heavy atom. The first-order valence-electron chi connectivity index (χ1n) is 14.1. The van der Waals surface area contributed by atoms with Crippen LogP contribution in [-0.2, 0) is 0 Å². The van der Waals surface area contributed by atoms with Crippen LogP contribution in [0.3, 0.4) is 0 Å². The number of nitriles is 2. The van der Waals surface area contributed by atoms with Gasteiger partial charge in [-0.25, -0.2) is 0 Å². The first-order valence-corrected chi connectivity index (χ1v) is 14.5. The quantitative estimate of drug-likeness (QED) is 0.115. The molecule has 0 aliphatic rings. The van der Waals surface area contributed by atoms with E-state index in [-0.39, 0.29) is 22.8 Å². The predicted octanol–water partition coefficient (Wildman–Crippen LogP) is 8.60. The summed E-state index contributed by atoms with van der Waals surface area (Å²) in [4.78, 5) is 6.53. The van der Waals surface area contributed by atoms with Crippen molar-refractivity contribution in [2.45, 2.75) is 0 Å². The number of hydrogen-bond acceptors (Lipinski definition) is 6. The number of nitrogens with one attached hydrogen (secondary N) is 2. The van der Waals surface area contributed by atoms with E-state index in [2.05, 4.69) is 22.1 Å². The van der Waals surface area contributed by atoms with Gasteiger partial charge in [0.15, 0.2) is 11.5 Å². The van der Waals surface area contributed by atoms with Crippen molar-refractivity contribution in [3.05, 3.63) is 119 Å². The Morgan fingerprint density at radius 1 is 0.674 bits per heavy atom. The number of allylic oxidation sites excluding steroid dienone is 4. The van der Waals surface area contributed by atoms with Gasteiger partial charge in [-0.3, -0.25) is 0 Å². The normalized spacial score (nSPS) is 12.2. The number of para-hydroxylation sites is 1. The zero-order chi connectivity index (χ0) is 32.4. The standard InChI is InChI=1S/C37H27ClN4O4/c1-44-24-11-12-32-26(16-24)30(20-42-32)28(18-40)36(22-14-33(45-2)37(43)34(15-22)46-3)35(21-7-6-8-23(38)13-21)27(17-39)29-19-41-31-10-5-4-9-25(29)31/h4-16,19-20,41-43H,1-3H3/b35-27+,36-28+. The van der Waals surface area contributed by atoms with Gasteiger partial charge < -0.3 is 29.3 Å². The number of aromatic amines is 2. The largest absolute Gasteiger partial charge is 0.502 e. The lowest BCUT2D eigenvalue weighted by atomic mass is 9.82. The van der Waals surface area contributed by atoms with Crippen molar-refractivity contribution < 1.29 is 19.3 Å². The van der Waals surface area contributed by atoms with Gasteiger partial charge in [-0.05, 0) is 59.7 Å². The second-order valence-corrected chi connectivity index (χ2v) is 10.8. The smallest absolute Gasteiger partial charge is 0.200 e. The molecule has 0 atom stereocenters. The lowest BCUT2D eigenvalue weighted by Gasteiger charge is -2.20. The first-order chi connectivity index (χ1) is 22.4. The van der Waals surface area contributed by atoms with Crippen molar-refractivity contribution in [2.75, 3.05) is 21.3 Å². The Kier molecular flexibility index (Phi) is 8.13. The number of phenolic OH excluding ortho intramolecular Hbond substituents is 1. The van der Waals surface area contributed by atoms with Crippen molar-refractivity contribution in [1.29, 1.82) is 10.5 Å². The minimum absolute atomic E-state index is 0.126. The molecular formula is C37H27ClN4O4. The zero-order valence-corrected chi connectivity index (χ0v) is 25.9. The molecule has 8 nitrogen and oxygen atoms in total. The molecule has 46 heavy (non-hydrogen) atoms. The Hall–Kier alpha value is -6.09. The van der Waals surface area contributed by atoms with Gasteiger partial charge >= 0.3 is 0 Å². The summed E-state index contributed by atoms with van der Waals surface area (Å²) in [6.07, 6.45) is 3.54. The molecule has 0 bridgehead atoms. The Morgan fingerprint density at radius 2 is 1.28 bits per heavy atom. The second-order valence-electron chi connectivity index (χ2n) is 10.3. The highest BCUT2D eigenvalue weighted by molar-refractivity contribution is 6.32. The molecule has 2 heterocycles. The minimum atomic E-state index is -0.200. The van der Waals surface area contributed by atoms with E-state index >= 15 is 0 Å².